The maximum Gasteiger partial charge on any atom is 0.269 e. The molecule has 1 aliphatic heterocycles. The van der Waals surface area contributed by atoms with Crippen LogP contribution >= 0.6 is 11.3 Å². The first-order valence-electron chi connectivity index (χ1n) is 13.0. The van der Waals surface area contributed by atoms with Crippen molar-refractivity contribution in [1.82, 2.24) is 15.3 Å². The van der Waals surface area contributed by atoms with Gasteiger partial charge < -0.3 is 15.5 Å². The van der Waals surface area contributed by atoms with Crippen LogP contribution in [-0.4, -0.2) is 39.6 Å². The second-order valence-corrected chi connectivity index (χ2v) is 12.1. The van der Waals surface area contributed by atoms with Crippen molar-refractivity contribution in [2.24, 2.45) is 0 Å². The molecular weight excluding hydrogens is 496 g/mol. The fourth-order valence-corrected chi connectivity index (χ4v) is 5.79. The number of aryl methyl sites for hydroxylation is 1. The number of benzene rings is 2. The van der Waals surface area contributed by atoms with Crippen molar-refractivity contribution < 1.29 is 4.92 Å². The number of aromatic nitrogens is 2. The summed E-state index contributed by atoms with van der Waals surface area (Å²) in [6.45, 7) is 11.0. The molecule has 0 radical (unpaired) electrons. The lowest BCUT2D eigenvalue weighted by Crippen LogP contribution is -2.42. The van der Waals surface area contributed by atoms with Crippen LogP contribution in [0.1, 0.15) is 44.7 Å². The number of hydrogen-bond acceptors (Lipinski definition) is 8. The van der Waals surface area contributed by atoms with Gasteiger partial charge in [-0.1, -0.05) is 42.0 Å². The number of anilines is 2. The molecule has 0 unspecified atom stereocenters. The van der Waals surface area contributed by atoms with E-state index in [1.165, 1.54) is 16.0 Å². The number of piperidine rings is 1. The van der Waals surface area contributed by atoms with Crippen molar-refractivity contribution in [3.63, 3.8) is 0 Å². The van der Waals surface area contributed by atoms with Crippen molar-refractivity contribution in [3.8, 4) is 10.4 Å². The van der Waals surface area contributed by atoms with Crippen LogP contribution in [0.25, 0.3) is 20.7 Å². The maximum atomic E-state index is 10.9. The van der Waals surface area contributed by atoms with Gasteiger partial charge in [0.25, 0.3) is 5.69 Å². The maximum absolute atomic E-state index is 10.9. The van der Waals surface area contributed by atoms with E-state index in [1.807, 2.05) is 12.1 Å². The Kier molecular flexibility index (Phi) is 7.32. The zero-order valence-corrected chi connectivity index (χ0v) is 23.1. The molecule has 1 saturated heterocycles. The highest BCUT2D eigenvalue weighted by atomic mass is 32.1. The molecule has 38 heavy (non-hydrogen) atoms. The van der Waals surface area contributed by atoms with E-state index in [2.05, 4.69) is 73.6 Å². The zero-order chi connectivity index (χ0) is 26.9. The van der Waals surface area contributed by atoms with E-state index in [9.17, 15) is 10.1 Å². The van der Waals surface area contributed by atoms with Gasteiger partial charge in [0.2, 0.25) is 5.95 Å². The molecule has 5 rings (SSSR count). The standard InChI is InChI=1S/C29H34N6O2S/c1-19-5-9-21(10-6-19)25-17-24-26(38-25)27(32-28(31-24)33-29(2,3)4)34-15-13-22(14-16-34)30-18-20-7-11-23(12-8-20)35(36)37/h5-12,17,22,30H,13-16,18H2,1-4H3,(H,31,32,33). The summed E-state index contributed by atoms with van der Waals surface area (Å²) in [6.07, 6.45) is 1.99. The topological polar surface area (TPSA) is 96.2 Å². The van der Waals surface area contributed by atoms with Crippen molar-refractivity contribution in [2.45, 2.75) is 58.7 Å². The summed E-state index contributed by atoms with van der Waals surface area (Å²) < 4.78 is 1.12. The van der Waals surface area contributed by atoms with E-state index in [4.69, 9.17) is 9.97 Å². The Morgan fingerprint density at radius 3 is 2.37 bits per heavy atom. The Morgan fingerprint density at radius 2 is 1.74 bits per heavy atom. The molecule has 0 spiro atoms. The lowest BCUT2D eigenvalue weighted by molar-refractivity contribution is -0.384. The Bertz CT molecular complexity index is 1420. The molecule has 1 aliphatic rings. The van der Waals surface area contributed by atoms with Gasteiger partial charge >= 0.3 is 0 Å². The third-order valence-corrected chi connectivity index (χ3v) is 7.88. The van der Waals surface area contributed by atoms with E-state index in [1.54, 1.807) is 23.5 Å². The molecular formula is C29H34N6O2S. The molecule has 2 aromatic carbocycles. The second kappa shape index (κ2) is 10.7. The normalized spacial score (nSPS) is 14.7. The molecule has 1 fully saturated rings. The van der Waals surface area contributed by atoms with E-state index in [0.717, 1.165) is 47.5 Å². The molecule has 0 saturated carbocycles. The largest absolute Gasteiger partial charge is 0.355 e. The van der Waals surface area contributed by atoms with Gasteiger partial charge in [-0.25, -0.2) is 4.98 Å². The van der Waals surface area contributed by atoms with Crippen molar-refractivity contribution in [2.75, 3.05) is 23.3 Å². The van der Waals surface area contributed by atoms with Crippen LogP contribution in [0.5, 0.6) is 0 Å². The first-order chi connectivity index (χ1) is 18.1. The van der Waals surface area contributed by atoms with E-state index in [-0.39, 0.29) is 16.1 Å². The van der Waals surface area contributed by atoms with Crippen LogP contribution in [0.15, 0.2) is 54.6 Å². The number of hydrogen-bond donors (Lipinski definition) is 2. The van der Waals surface area contributed by atoms with E-state index in [0.29, 0.717) is 18.5 Å². The molecule has 4 aromatic rings. The fourth-order valence-electron chi connectivity index (χ4n) is 4.67. The summed E-state index contributed by atoms with van der Waals surface area (Å²) in [6, 6.07) is 18.0. The molecule has 2 aromatic heterocycles. The summed E-state index contributed by atoms with van der Waals surface area (Å²) >= 11 is 1.76. The van der Waals surface area contributed by atoms with Crippen molar-refractivity contribution in [1.29, 1.82) is 0 Å². The van der Waals surface area contributed by atoms with Gasteiger partial charge in [-0.2, -0.15) is 4.98 Å². The highest BCUT2D eigenvalue weighted by Crippen LogP contribution is 2.39. The van der Waals surface area contributed by atoms with Crippen molar-refractivity contribution >= 4 is 39.0 Å². The Labute approximate surface area is 227 Å². The number of nitro groups is 1. The number of nitrogens with one attached hydrogen (secondary N) is 2. The average Bonchev–Trinajstić information content (AvgIpc) is 3.31. The van der Waals surface area contributed by atoms with Gasteiger partial charge in [0.1, 0.15) is 0 Å². The summed E-state index contributed by atoms with van der Waals surface area (Å²) in [5.74, 6) is 1.66. The Balaban J connectivity index is 1.33. The predicted molar refractivity (Wildman–Crippen MR) is 156 cm³/mol. The Morgan fingerprint density at radius 1 is 1.05 bits per heavy atom. The molecule has 8 nitrogen and oxygen atoms in total. The number of non-ortho nitro benzene ring substituents is 1. The molecule has 0 atom stereocenters. The summed E-state index contributed by atoms with van der Waals surface area (Å²) in [7, 11) is 0. The van der Waals surface area contributed by atoms with Crippen LogP contribution in [0.3, 0.4) is 0 Å². The molecule has 2 N–H and O–H groups in total. The first-order valence-corrected chi connectivity index (χ1v) is 13.8. The van der Waals surface area contributed by atoms with Gasteiger partial charge in [-0.3, -0.25) is 10.1 Å². The van der Waals surface area contributed by atoms with Gasteiger partial charge in [0.05, 0.1) is 15.1 Å². The molecule has 3 heterocycles. The minimum absolute atomic E-state index is 0.123. The third kappa shape index (κ3) is 6.11. The summed E-state index contributed by atoms with van der Waals surface area (Å²) in [5.41, 5.74) is 4.45. The number of fused-ring (bicyclic) bond motifs is 1. The summed E-state index contributed by atoms with van der Waals surface area (Å²) in [4.78, 5) is 24.0. The smallest absolute Gasteiger partial charge is 0.269 e. The fraction of sp³-hybridized carbons (Fsp3) is 0.379. The highest BCUT2D eigenvalue weighted by molar-refractivity contribution is 7.22. The highest BCUT2D eigenvalue weighted by Gasteiger charge is 2.24. The van der Waals surface area contributed by atoms with Gasteiger partial charge in [0.15, 0.2) is 5.82 Å². The minimum atomic E-state index is -0.364. The number of rotatable bonds is 7. The minimum Gasteiger partial charge on any atom is -0.355 e. The van der Waals surface area contributed by atoms with Gasteiger partial charge in [-0.05, 0) is 57.7 Å². The molecule has 0 amide bonds. The molecule has 198 valence electrons. The first kappa shape index (κ1) is 26.1. The van der Waals surface area contributed by atoms with Crippen LogP contribution < -0.4 is 15.5 Å². The number of nitro benzene ring substituents is 1. The van der Waals surface area contributed by atoms with Gasteiger partial charge in [0, 0.05) is 48.2 Å². The van der Waals surface area contributed by atoms with Crippen LogP contribution in [-0.2, 0) is 6.54 Å². The van der Waals surface area contributed by atoms with Crippen LogP contribution in [0, 0.1) is 17.0 Å². The van der Waals surface area contributed by atoms with Crippen molar-refractivity contribution in [3.05, 3.63) is 75.8 Å². The lowest BCUT2D eigenvalue weighted by Gasteiger charge is -2.34. The van der Waals surface area contributed by atoms with Gasteiger partial charge in [-0.15, -0.1) is 11.3 Å². The van der Waals surface area contributed by atoms with E-state index >= 15 is 0 Å². The molecule has 9 heteroatoms. The lowest BCUT2D eigenvalue weighted by atomic mass is 10.0. The summed E-state index contributed by atoms with van der Waals surface area (Å²) in [5, 5.41) is 18.0. The molecule has 0 bridgehead atoms. The zero-order valence-electron chi connectivity index (χ0n) is 22.3. The quantitative estimate of drug-likeness (QED) is 0.207. The predicted octanol–water partition coefficient (Wildman–Crippen LogP) is 6.54. The monoisotopic (exact) mass is 530 g/mol. The second-order valence-electron chi connectivity index (χ2n) is 11.0. The number of thiophene rings is 1. The SMILES string of the molecule is Cc1ccc(-c2cc3nc(NC(C)(C)C)nc(N4CCC(NCc5ccc([N+](=O)[O-])cc5)CC4)c3s2)cc1. The van der Waals surface area contributed by atoms with Crippen LogP contribution in [0.4, 0.5) is 17.5 Å². The number of nitrogens with zero attached hydrogens (tertiary/aromatic N) is 4. The average molecular weight is 531 g/mol. The third-order valence-electron chi connectivity index (χ3n) is 6.71. The van der Waals surface area contributed by atoms with Crippen LogP contribution in [0.2, 0.25) is 0 Å². The van der Waals surface area contributed by atoms with E-state index < -0.39 is 0 Å². The Hall–Kier alpha value is -3.56. The molecule has 0 aliphatic carbocycles.